The average molecular weight is 342 g/mol. The molecule has 3 aromatic carbocycles. The molecular formula is C22H18N2S. The van der Waals surface area contributed by atoms with Gasteiger partial charge in [0.25, 0.3) is 0 Å². The van der Waals surface area contributed by atoms with Crippen molar-refractivity contribution >= 4 is 17.2 Å². The SMILES string of the molecule is c1ccc(C(Nc2cscn2)(c2ccccc2)c2ccccc2)cc1. The zero-order valence-electron chi connectivity index (χ0n) is 13.7. The number of nitrogens with one attached hydrogen (secondary N) is 1. The molecule has 0 unspecified atom stereocenters. The highest BCUT2D eigenvalue weighted by atomic mass is 32.1. The lowest BCUT2D eigenvalue weighted by Gasteiger charge is -2.37. The Kier molecular flexibility index (Phi) is 4.32. The van der Waals surface area contributed by atoms with Crippen LogP contribution in [0.5, 0.6) is 0 Å². The van der Waals surface area contributed by atoms with E-state index in [1.807, 2.05) is 29.1 Å². The molecule has 0 amide bonds. The van der Waals surface area contributed by atoms with E-state index in [1.54, 1.807) is 11.3 Å². The normalized spacial score (nSPS) is 11.2. The molecule has 25 heavy (non-hydrogen) atoms. The molecule has 1 N–H and O–H groups in total. The second-order valence-corrected chi connectivity index (χ2v) is 6.57. The topological polar surface area (TPSA) is 24.9 Å². The van der Waals surface area contributed by atoms with Crippen LogP contribution in [0.4, 0.5) is 5.82 Å². The van der Waals surface area contributed by atoms with Crippen LogP contribution in [-0.4, -0.2) is 4.98 Å². The highest BCUT2D eigenvalue weighted by Crippen LogP contribution is 2.39. The molecule has 0 atom stereocenters. The molecule has 2 nitrogen and oxygen atoms in total. The first-order valence-corrected chi connectivity index (χ1v) is 9.17. The van der Waals surface area contributed by atoms with E-state index in [9.17, 15) is 0 Å². The van der Waals surface area contributed by atoms with E-state index in [2.05, 4.69) is 83.1 Å². The van der Waals surface area contributed by atoms with Crippen LogP contribution >= 0.6 is 11.3 Å². The number of hydrogen-bond donors (Lipinski definition) is 1. The molecule has 0 saturated carbocycles. The minimum Gasteiger partial charge on any atom is -0.352 e. The third-order valence-electron chi connectivity index (χ3n) is 4.37. The van der Waals surface area contributed by atoms with Gasteiger partial charge in [0.15, 0.2) is 0 Å². The Hall–Kier alpha value is -2.91. The Morgan fingerprint density at radius 1 is 0.640 bits per heavy atom. The van der Waals surface area contributed by atoms with Crippen molar-refractivity contribution in [1.82, 2.24) is 4.98 Å². The van der Waals surface area contributed by atoms with Gasteiger partial charge >= 0.3 is 0 Å². The van der Waals surface area contributed by atoms with Gasteiger partial charge < -0.3 is 5.32 Å². The molecule has 0 aliphatic rings. The highest BCUT2D eigenvalue weighted by molar-refractivity contribution is 7.07. The predicted molar refractivity (Wildman–Crippen MR) is 105 cm³/mol. The molecule has 4 rings (SSSR count). The largest absolute Gasteiger partial charge is 0.352 e. The number of benzene rings is 3. The Morgan fingerprint density at radius 3 is 1.44 bits per heavy atom. The van der Waals surface area contributed by atoms with E-state index in [0.717, 1.165) is 5.82 Å². The van der Waals surface area contributed by atoms with Crippen LogP contribution in [0.15, 0.2) is 102 Å². The molecule has 0 radical (unpaired) electrons. The third kappa shape index (κ3) is 2.94. The molecule has 0 bridgehead atoms. The summed E-state index contributed by atoms with van der Waals surface area (Å²) in [7, 11) is 0. The van der Waals surface area contributed by atoms with Crippen LogP contribution in [0.25, 0.3) is 0 Å². The van der Waals surface area contributed by atoms with E-state index >= 15 is 0 Å². The van der Waals surface area contributed by atoms with Crippen molar-refractivity contribution in [3.05, 3.63) is 119 Å². The Labute approximate surface area is 151 Å². The van der Waals surface area contributed by atoms with Crippen LogP contribution in [0.2, 0.25) is 0 Å². The fraction of sp³-hybridized carbons (Fsp3) is 0.0455. The molecule has 0 aliphatic heterocycles. The zero-order chi connectivity index (χ0) is 17.0. The Bertz CT molecular complexity index is 808. The van der Waals surface area contributed by atoms with Gasteiger partial charge in [-0.2, -0.15) is 0 Å². The lowest BCUT2D eigenvalue weighted by molar-refractivity contribution is 0.708. The van der Waals surface area contributed by atoms with Gasteiger partial charge in [0.1, 0.15) is 11.4 Å². The molecule has 0 fully saturated rings. The van der Waals surface area contributed by atoms with Gasteiger partial charge in [-0.3, -0.25) is 0 Å². The van der Waals surface area contributed by atoms with Crippen molar-refractivity contribution in [3.8, 4) is 0 Å². The monoisotopic (exact) mass is 342 g/mol. The van der Waals surface area contributed by atoms with Gasteiger partial charge in [0, 0.05) is 5.38 Å². The van der Waals surface area contributed by atoms with Crippen LogP contribution in [0.1, 0.15) is 16.7 Å². The maximum absolute atomic E-state index is 4.48. The van der Waals surface area contributed by atoms with Crippen LogP contribution < -0.4 is 5.32 Å². The Morgan fingerprint density at radius 2 is 1.08 bits per heavy atom. The molecule has 0 saturated heterocycles. The number of thiazole rings is 1. The van der Waals surface area contributed by atoms with E-state index in [1.165, 1.54) is 16.7 Å². The van der Waals surface area contributed by atoms with E-state index in [-0.39, 0.29) is 0 Å². The van der Waals surface area contributed by atoms with Crippen molar-refractivity contribution in [2.24, 2.45) is 0 Å². The number of hydrogen-bond acceptors (Lipinski definition) is 3. The van der Waals surface area contributed by atoms with Crippen molar-refractivity contribution in [1.29, 1.82) is 0 Å². The molecule has 1 aromatic heterocycles. The van der Waals surface area contributed by atoms with Crippen molar-refractivity contribution in [2.75, 3.05) is 5.32 Å². The minimum atomic E-state index is -0.502. The molecular weight excluding hydrogens is 324 g/mol. The van der Waals surface area contributed by atoms with Crippen molar-refractivity contribution < 1.29 is 0 Å². The first-order valence-electron chi connectivity index (χ1n) is 8.22. The summed E-state index contributed by atoms with van der Waals surface area (Å²) in [6, 6.07) is 31.6. The second-order valence-electron chi connectivity index (χ2n) is 5.85. The standard InChI is InChI=1S/C22H18N2S/c1-4-10-18(11-5-1)22(19-12-6-2-7-13-19,20-14-8-3-9-15-20)24-21-16-25-17-23-21/h1-17,24H. The van der Waals surface area contributed by atoms with Crippen molar-refractivity contribution in [2.45, 2.75) is 5.54 Å². The maximum atomic E-state index is 4.48. The van der Waals surface area contributed by atoms with Gasteiger partial charge in [-0.15, -0.1) is 11.3 Å². The van der Waals surface area contributed by atoms with Gasteiger partial charge in [-0.1, -0.05) is 91.0 Å². The molecule has 1 heterocycles. The summed E-state index contributed by atoms with van der Waals surface area (Å²) in [5, 5.41) is 5.77. The van der Waals surface area contributed by atoms with Crippen LogP contribution in [0, 0.1) is 0 Å². The predicted octanol–water partition coefficient (Wildman–Crippen LogP) is 5.55. The fourth-order valence-electron chi connectivity index (χ4n) is 3.25. The summed E-state index contributed by atoms with van der Waals surface area (Å²) in [6.07, 6.45) is 0. The fourth-order valence-corrected chi connectivity index (χ4v) is 3.73. The minimum absolute atomic E-state index is 0.502. The van der Waals surface area contributed by atoms with Gasteiger partial charge in [-0.05, 0) is 16.7 Å². The summed E-state index contributed by atoms with van der Waals surface area (Å²) in [5.74, 6) is 0.876. The number of aromatic nitrogens is 1. The van der Waals surface area contributed by atoms with Gasteiger partial charge in [0.05, 0.1) is 5.51 Å². The average Bonchev–Trinajstić information content (AvgIpc) is 3.21. The van der Waals surface area contributed by atoms with Crippen LogP contribution in [-0.2, 0) is 5.54 Å². The Balaban J connectivity index is 2.01. The zero-order valence-corrected chi connectivity index (χ0v) is 14.5. The molecule has 3 heteroatoms. The molecule has 122 valence electrons. The third-order valence-corrected chi connectivity index (χ3v) is 4.95. The number of anilines is 1. The van der Waals surface area contributed by atoms with E-state index < -0.39 is 5.54 Å². The molecule has 0 spiro atoms. The number of nitrogens with zero attached hydrogens (tertiary/aromatic N) is 1. The summed E-state index contributed by atoms with van der Waals surface area (Å²) in [4.78, 5) is 4.48. The lowest BCUT2D eigenvalue weighted by Crippen LogP contribution is -2.38. The van der Waals surface area contributed by atoms with Gasteiger partial charge in [0.2, 0.25) is 0 Å². The maximum Gasteiger partial charge on any atom is 0.138 e. The summed E-state index contributed by atoms with van der Waals surface area (Å²) >= 11 is 1.59. The summed E-state index contributed by atoms with van der Waals surface area (Å²) < 4.78 is 0. The van der Waals surface area contributed by atoms with E-state index in [0.29, 0.717) is 0 Å². The smallest absolute Gasteiger partial charge is 0.138 e. The lowest BCUT2D eigenvalue weighted by atomic mass is 9.77. The van der Waals surface area contributed by atoms with E-state index in [4.69, 9.17) is 0 Å². The first-order chi connectivity index (χ1) is 12.4. The van der Waals surface area contributed by atoms with Crippen molar-refractivity contribution in [3.63, 3.8) is 0 Å². The highest BCUT2D eigenvalue weighted by Gasteiger charge is 2.36. The van der Waals surface area contributed by atoms with Gasteiger partial charge in [-0.25, -0.2) is 4.98 Å². The van der Waals surface area contributed by atoms with Crippen LogP contribution in [0.3, 0.4) is 0 Å². The quantitative estimate of drug-likeness (QED) is 0.481. The first kappa shape index (κ1) is 15.6. The summed E-state index contributed by atoms with van der Waals surface area (Å²) in [6.45, 7) is 0. The summed E-state index contributed by atoms with van der Waals surface area (Å²) in [5.41, 5.74) is 4.90. The number of rotatable bonds is 5. The second kappa shape index (κ2) is 6.91. The molecule has 4 aromatic rings. The molecule has 0 aliphatic carbocycles.